The van der Waals surface area contributed by atoms with Crippen molar-refractivity contribution >= 4 is 38.6 Å². The van der Waals surface area contributed by atoms with E-state index in [9.17, 15) is 13.8 Å². The number of halogens is 1. The van der Waals surface area contributed by atoms with E-state index in [1.54, 1.807) is 24.3 Å². The van der Waals surface area contributed by atoms with Crippen LogP contribution in [0.3, 0.4) is 0 Å². The van der Waals surface area contributed by atoms with E-state index in [1.807, 2.05) is 0 Å². The lowest BCUT2D eigenvalue weighted by molar-refractivity contribution is 0.0979. The van der Waals surface area contributed by atoms with Crippen LogP contribution in [0.5, 0.6) is 0 Å². The Bertz CT molecular complexity index is 948. The topological polar surface area (TPSA) is 63.6 Å². The lowest BCUT2D eigenvalue weighted by atomic mass is 9.83. The van der Waals surface area contributed by atoms with Crippen molar-refractivity contribution in [2.45, 2.75) is 0 Å². The zero-order chi connectivity index (χ0) is 16.1. The second-order valence-corrected chi connectivity index (χ2v) is 8.25. The fourth-order valence-corrected chi connectivity index (χ4v) is 3.35. The Morgan fingerprint density at radius 2 is 1.45 bits per heavy atom. The van der Waals surface area contributed by atoms with Gasteiger partial charge in [-0.3, -0.25) is 9.59 Å². The van der Waals surface area contributed by atoms with Gasteiger partial charge in [0.05, 0.1) is 21.8 Å². The van der Waals surface area contributed by atoms with Crippen LogP contribution in [0.25, 0.3) is 0 Å². The summed E-state index contributed by atoms with van der Waals surface area (Å²) in [6.45, 7) is 0. The highest BCUT2D eigenvalue weighted by atomic mass is 35.5. The van der Waals surface area contributed by atoms with Gasteiger partial charge >= 0.3 is 0 Å². The van der Waals surface area contributed by atoms with Gasteiger partial charge in [-0.2, -0.15) is 4.36 Å². The zero-order valence-electron chi connectivity index (χ0n) is 11.9. The molecule has 0 aromatic heterocycles. The van der Waals surface area contributed by atoms with Gasteiger partial charge in [-0.25, -0.2) is 4.21 Å². The highest BCUT2D eigenvalue weighted by molar-refractivity contribution is 7.92. The molecule has 22 heavy (non-hydrogen) atoms. The first-order valence-electron chi connectivity index (χ1n) is 6.47. The van der Waals surface area contributed by atoms with Gasteiger partial charge in [0.1, 0.15) is 0 Å². The van der Waals surface area contributed by atoms with Gasteiger partial charge in [0.15, 0.2) is 11.6 Å². The molecule has 0 radical (unpaired) electrons. The summed E-state index contributed by atoms with van der Waals surface area (Å²) < 4.78 is 16.1. The van der Waals surface area contributed by atoms with Crippen molar-refractivity contribution in [2.75, 3.05) is 12.5 Å². The molecule has 0 fully saturated rings. The van der Waals surface area contributed by atoms with Crippen LogP contribution in [-0.4, -0.2) is 28.3 Å². The lowest BCUT2D eigenvalue weighted by Gasteiger charge is -2.19. The normalized spacial score (nSPS) is 13.6. The van der Waals surface area contributed by atoms with E-state index in [0.717, 1.165) is 0 Å². The van der Waals surface area contributed by atoms with Gasteiger partial charge < -0.3 is 0 Å². The van der Waals surface area contributed by atoms with Crippen LogP contribution in [0, 0.1) is 0 Å². The molecule has 1 aliphatic rings. The minimum absolute atomic E-state index is 0.132. The fourth-order valence-electron chi connectivity index (χ4n) is 2.48. The molecular formula is C16H12ClNO3S. The first kappa shape index (κ1) is 14.9. The minimum Gasteiger partial charge on any atom is -0.289 e. The summed E-state index contributed by atoms with van der Waals surface area (Å²) in [5.74, 6) is -0.638. The number of rotatable bonds is 1. The number of carbonyl (C=O) groups excluding carboxylic acids is 2. The van der Waals surface area contributed by atoms with E-state index in [-0.39, 0.29) is 33.4 Å². The van der Waals surface area contributed by atoms with Crippen molar-refractivity contribution in [1.82, 2.24) is 0 Å². The Balaban J connectivity index is 2.40. The summed E-state index contributed by atoms with van der Waals surface area (Å²) in [4.78, 5) is 25.4. The molecule has 0 saturated heterocycles. The van der Waals surface area contributed by atoms with Crippen LogP contribution in [0.15, 0.2) is 40.8 Å². The van der Waals surface area contributed by atoms with Crippen LogP contribution >= 0.6 is 11.6 Å². The second kappa shape index (κ2) is 5.04. The van der Waals surface area contributed by atoms with Crippen molar-refractivity contribution in [3.63, 3.8) is 0 Å². The molecule has 0 heterocycles. The van der Waals surface area contributed by atoms with E-state index in [4.69, 9.17) is 11.6 Å². The van der Waals surface area contributed by atoms with Gasteiger partial charge in [0.25, 0.3) is 0 Å². The molecular weight excluding hydrogens is 322 g/mol. The zero-order valence-corrected chi connectivity index (χ0v) is 13.5. The number of carbonyl (C=O) groups is 2. The molecule has 0 saturated carbocycles. The molecule has 0 atom stereocenters. The van der Waals surface area contributed by atoms with Crippen LogP contribution in [0.1, 0.15) is 31.8 Å². The van der Waals surface area contributed by atoms with Crippen molar-refractivity contribution in [3.8, 4) is 0 Å². The Labute approximate surface area is 133 Å². The standard InChI is InChI=1S/C16H12ClNO3S/c1-22(2,21)18-12-8-7-11(17)13-14(12)16(20)10-6-4-3-5-9(10)15(13)19/h3-8H,1-2H3. The fraction of sp³-hybridized carbons (Fsp3) is 0.125. The summed E-state index contributed by atoms with van der Waals surface area (Å²) in [6, 6.07) is 9.61. The molecule has 3 rings (SSSR count). The predicted octanol–water partition coefficient (Wildman–Crippen LogP) is 3.47. The number of fused-ring (bicyclic) bond motifs is 2. The van der Waals surface area contributed by atoms with E-state index < -0.39 is 9.73 Å². The molecule has 6 heteroatoms. The molecule has 1 aliphatic carbocycles. The molecule has 0 amide bonds. The molecule has 0 bridgehead atoms. The number of ketones is 2. The lowest BCUT2D eigenvalue weighted by Crippen LogP contribution is -2.21. The Kier molecular flexibility index (Phi) is 3.42. The molecule has 4 nitrogen and oxygen atoms in total. The van der Waals surface area contributed by atoms with Crippen molar-refractivity contribution in [2.24, 2.45) is 4.36 Å². The van der Waals surface area contributed by atoms with E-state index >= 15 is 0 Å². The average molecular weight is 334 g/mol. The third kappa shape index (κ3) is 2.36. The minimum atomic E-state index is -2.47. The monoisotopic (exact) mass is 333 g/mol. The van der Waals surface area contributed by atoms with Gasteiger partial charge in [0, 0.05) is 33.4 Å². The molecule has 2 aromatic carbocycles. The van der Waals surface area contributed by atoms with Gasteiger partial charge in [-0.05, 0) is 12.1 Å². The summed E-state index contributed by atoms with van der Waals surface area (Å²) in [5.41, 5.74) is 1.15. The van der Waals surface area contributed by atoms with Crippen LogP contribution < -0.4 is 0 Å². The first-order valence-corrected chi connectivity index (χ1v) is 9.18. The van der Waals surface area contributed by atoms with Crippen molar-refractivity contribution in [1.29, 1.82) is 0 Å². The predicted molar refractivity (Wildman–Crippen MR) is 86.8 cm³/mol. The van der Waals surface area contributed by atoms with Crippen LogP contribution in [0.4, 0.5) is 5.69 Å². The summed E-state index contributed by atoms with van der Waals surface area (Å²) in [6.07, 6.45) is 2.94. The average Bonchev–Trinajstić information content (AvgIpc) is 2.45. The molecule has 112 valence electrons. The second-order valence-electron chi connectivity index (χ2n) is 5.29. The summed E-state index contributed by atoms with van der Waals surface area (Å²) in [7, 11) is -2.47. The van der Waals surface area contributed by atoms with Crippen LogP contribution in [-0.2, 0) is 9.73 Å². The number of hydrogen-bond donors (Lipinski definition) is 0. The largest absolute Gasteiger partial charge is 0.289 e. The number of benzene rings is 2. The molecule has 0 spiro atoms. The maximum absolute atomic E-state index is 12.7. The highest BCUT2D eigenvalue weighted by Gasteiger charge is 2.33. The van der Waals surface area contributed by atoms with Gasteiger partial charge in [0.2, 0.25) is 0 Å². The van der Waals surface area contributed by atoms with E-state index in [2.05, 4.69) is 4.36 Å². The number of nitrogens with zero attached hydrogens (tertiary/aromatic N) is 1. The van der Waals surface area contributed by atoms with Gasteiger partial charge in [-0.1, -0.05) is 35.9 Å². The number of hydrogen-bond acceptors (Lipinski definition) is 4. The highest BCUT2D eigenvalue weighted by Crippen LogP contribution is 2.37. The smallest absolute Gasteiger partial charge is 0.196 e. The van der Waals surface area contributed by atoms with Crippen molar-refractivity contribution < 1.29 is 13.8 Å². The Morgan fingerprint density at radius 3 is 2.00 bits per heavy atom. The maximum Gasteiger partial charge on any atom is 0.196 e. The third-order valence-corrected chi connectivity index (χ3v) is 4.27. The van der Waals surface area contributed by atoms with Crippen molar-refractivity contribution in [3.05, 3.63) is 63.7 Å². The molecule has 2 aromatic rings. The molecule has 0 unspecified atom stereocenters. The maximum atomic E-state index is 12.7. The Hall–Kier alpha value is -1.98. The van der Waals surface area contributed by atoms with E-state index in [1.165, 1.54) is 24.6 Å². The Morgan fingerprint density at radius 1 is 0.909 bits per heavy atom. The van der Waals surface area contributed by atoms with Crippen LogP contribution in [0.2, 0.25) is 5.02 Å². The SMILES string of the molecule is CS(C)(=O)=Nc1ccc(Cl)c2c1C(=O)c1ccccc1C2=O. The molecule has 0 N–H and O–H groups in total. The first-order chi connectivity index (χ1) is 10.3. The third-order valence-electron chi connectivity index (χ3n) is 3.32. The summed E-state index contributed by atoms with van der Waals surface area (Å²) >= 11 is 6.13. The molecule has 0 aliphatic heterocycles. The quantitative estimate of drug-likeness (QED) is 0.685. The summed E-state index contributed by atoms with van der Waals surface area (Å²) in [5, 5.41) is 0.195. The van der Waals surface area contributed by atoms with E-state index in [0.29, 0.717) is 11.1 Å². The van der Waals surface area contributed by atoms with Gasteiger partial charge in [-0.15, -0.1) is 0 Å².